The van der Waals surface area contributed by atoms with Crippen LogP contribution in [0.25, 0.3) is 0 Å². The molecule has 1 aromatic rings. The second-order valence-corrected chi connectivity index (χ2v) is 7.64. The van der Waals surface area contributed by atoms with Crippen molar-refractivity contribution in [3.8, 4) is 11.5 Å². The van der Waals surface area contributed by atoms with Gasteiger partial charge in [-0.25, -0.2) is 13.1 Å². The molecule has 3 N–H and O–H groups in total. The maximum absolute atomic E-state index is 12.6. The Morgan fingerprint density at radius 2 is 1.71 bits per heavy atom. The number of benzene rings is 1. The Morgan fingerprint density at radius 1 is 1.12 bits per heavy atom. The number of rotatable bonds is 4. The van der Waals surface area contributed by atoms with Crippen LogP contribution in [-0.4, -0.2) is 38.6 Å². The van der Waals surface area contributed by atoms with Gasteiger partial charge in [-0.2, -0.15) is 0 Å². The summed E-state index contributed by atoms with van der Waals surface area (Å²) in [6.07, 6.45) is 2.66. The summed E-state index contributed by atoms with van der Waals surface area (Å²) in [5, 5.41) is 11.3. The van der Waals surface area contributed by atoms with Crippen molar-refractivity contribution >= 4 is 15.7 Å². The van der Waals surface area contributed by atoms with Gasteiger partial charge in [0.1, 0.15) is 13.2 Å². The van der Waals surface area contributed by atoms with Gasteiger partial charge in [-0.05, 0) is 25.7 Å². The summed E-state index contributed by atoms with van der Waals surface area (Å²) < 4.78 is 38.5. The number of nitrogens with one attached hydrogen (secondary N) is 1. The molecule has 1 heterocycles. The average Bonchev–Trinajstić information content (AvgIpc) is 2.55. The first-order valence-electron chi connectivity index (χ1n) is 7.73. The number of hydrogen-bond acceptors (Lipinski definition) is 7. The number of hydrogen-bond donors (Lipinski definition) is 2. The lowest BCUT2D eigenvalue weighted by Crippen LogP contribution is -2.40. The second-order valence-electron chi connectivity index (χ2n) is 5.95. The monoisotopic (exact) mass is 357 g/mol. The van der Waals surface area contributed by atoms with Crippen molar-refractivity contribution in [1.82, 2.24) is 4.72 Å². The predicted octanol–water partition coefficient (Wildman–Crippen LogP) is 0.914. The molecule has 0 bridgehead atoms. The zero-order chi connectivity index (χ0) is 17.3. The topological polar surface area (TPSA) is 134 Å². The Kier molecular flexibility index (Phi) is 4.61. The normalized spacial score (nSPS) is 23.7. The minimum atomic E-state index is -4.05. The van der Waals surface area contributed by atoms with Gasteiger partial charge in [0.25, 0.3) is 5.69 Å². The van der Waals surface area contributed by atoms with Crippen LogP contribution in [0.3, 0.4) is 0 Å². The summed E-state index contributed by atoms with van der Waals surface area (Å²) in [7, 11) is -4.05. The van der Waals surface area contributed by atoms with Gasteiger partial charge in [0.2, 0.25) is 10.0 Å². The highest BCUT2D eigenvalue weighted by Crippen LogP contribution is 2.38. The summed E-state index contributed by atoms with van der Waals surface area (Å²) in [5.41, 5.74) is 5.29. The molecule has 1 saturated carbocycles. The molecule has 1 aliphatic carbocycles. The summed E-state index contributed by atoms with van der Waals surface area (Å²) >= 11 is 0. The number of nitro groups is 1. The summed E-state index contributed by atoms with van der Waals surface area (Å²) in [6.45, 7) is 0.523. The largest absolute Gasteiger partial charge is 0.486 e. The van der Waals surface area contributed by atoms with Gasteiger partial charge in [0.05, 0.1) is 11.0 Å². The minimum absolute atomic E-state index is 0.0781. The molecule has 0 unspecified atom stereocenters. The highest BCUT2D eigenvalue weighted by molar-refractivity contribution is 7.89. The van der Waals surface area contributed by atoms with Gasteiger partial charge >= 0.3 is 0 Å². The molecule has 2 aliphatic rings. The molecule has 1 aromatic carbocycles. The highest BCUT2D eigenvalue weighted by Gasteiger charge is 2.32. The lowest BCUT2D eigenvalue weighted by atomic mass is 9.93. The van der Waals surface area contributed by atoms with Crippen LogP contribution in [0, 0.1) is 10.1 Å². The van der Waals surface area contributed by atoms with Crippen molar-refractivity contribution in [2.45, 2.75) is 42.7 Å². The van der Waals surface area contributed by atoms with E-state index >= 15 is 0 Å². The van der Waals surface area contributed by atoms with Crippen LogP contribution in [0.2, 0.25) is 0 Å². The molecular weight excluding hydrogens is 338 g/mol. The van der Waals surface area contributed by atoms with Crippen molar-refractivity contribution in [3.05, 3.63) is 22.2 Å². The van der Waals surface area contributed by atoms with Crippen LogP contribution in [0.4, 0.5) is 5.69 Å². The maximum Gasteiger partial charge on any atom is 0.293 e. The predicted molar refractivity (Wildman–Crippen MR) is 84.6 cm³/mol. The SMILES string of the molecule is NC1CCC(NS(=O)(=O)c2cc3c(cc2[N+](=O)[O-])OCCO3)CC1. The van der Waals surface area contributed by atoms with E-state index in [4.69, 9.17) is 15.2 Å². The van der Waals surface area contributed by atoms with E-state index in [2.05, 4.69) is 4.72 Å². The minimum Gasteiger partial charge on any atom is -0.486 e. The molecule has 0 spiro atoms. The van der Waals surface area contributed by atoms with Crippen LogP contribution < -0.4 is 19.9 Å². The summed E-state index contributed by atoms with van der Waals surface area (Å²) in [4.78, 5) is 10.1. The molecule has 0 saturated heterocycles. The molecule has 0 radical (unpaired) electrons. The molecule has 24 heavy (non-hydrogen) atoms. The fourth-order valence-corrected chi connectivity index (χ4v) is 4.41. The van der Waals surface area contributed by atoms with Crippen LogP contribution in [0.5, 0.6) is 11.5 Å². The molecule has 10 heteroatoms. The van der Waals surface area contributed by atoms with Gasteiger partial charge in [0, 0.05) is 18.2 Å². The molecule has 1 fully saturated rings. The third-order valence-electron chi connectivity index (χ3n) is 4.20. The van der Waals surface area contributed by atoms with Gasteiger partial charge < -0.3 is 15.2 Å². The molecule has 3 rings (SSSR count). The van der Waals surface area contributed by atoms with Crippen LogP contribution >= 0.6 is 0 Å². The fraction of sp³-hybridized carbons (Fsp3) is 0.571. The molecule has 0 amide bonds. The van der Waals surface area contributed by atoms with Crippen LogP contribution in [0.15, 0.2) is 17.0 Å². The van der Waals surface area contributed by atoms with E-state index in [1.54, 1.807) is 0 Å². The first-order chi connectivity index (χ1) is 11.4. The standard InChI is InChI=1S/C14H19N3O6S/c15-9-1-3-10(4-2-9)16-24(20,21)14-8-13-12(22-5-6-23-13)7-11(14)17(18)19/h7-10,16H,1-6,15H2. The zero-order valence-electron chi connectivity index (χ0n) is 12.9. The number of ether oxygens (including phenoxy) is 2. The molecule has 9 nitrogen and oxygen atoms in total. The Hall–Kier alpha value is -1.91. The zero-order valence-corrected chi connectivity index (χ0v) is 13.8. The van der Waals surface area contributed by atoms with E-state index in [0.29, 0.717) is 12.8 Å². The molecule has 132 valence electrons. The average molecular weight is 357 g/mol. The van der Waals surface area contributed by atoms with Crippen molar-refractivity contribution < 1.29 is 22.8 Å². The lowest BCUT2D eigenvalue weighted by Gasteiger charge is -2.26. The van der Waals surface area contributed by atoms with Crippen molar-refractivity contribution in [3.63, 3.8) is 0 Å². The number of nitrogens with two attached hydrogens (primary N) is 1. The number of fused-ring (bicyclic) bond motifs is 1. The Balaban J connectivity index is 1.92. The molecule has 1 aliphatic heterocycles. The Morgan fingerprint density at radius 3 is 2.29 bits per heavy atom. The van der Waals surface area contributed by atoms with E-state index in [9.17, 15) is 18.5 Å². The maximum atomic E-state index is 12.6. The summed E-state index contributed by atoms with van der Waals surface area (Å²) in [5.74, 6) is 0.369. The highest BCUT2D eigenvalue weighted by atomic mass is 32.2. The van der Waals surface area contributed by atoms with E-state index < -0.39 is 25.5 Å². The smallest absolute Gasteiger partial charge is 0.293 e. The van der Waals surface area contributed by atoms with Gasteiger partial charge in [-0.1, -0.05) is 0 Å². The van der Waals surface area contributed by atoms with Crippen molar-refractivity contribution in [2.75, 3.05) is 13.2 Å². The van der Waals surface area contributed by atoms with Gasteiger partial charge in [0.15, 0.2) is 16.4 Å². The number of sulfonamides is 1. The summed E-state index contributed by atoms with van der Waals surface area (Å²) in [6, 6.07) is 2.06. The quantitative estimate of drug-likeness (QED) is 0.604. The van der Waals surface area contributed by atoms with E-state index in [-0.39, 0.29) is 36.8 Å². The Labute approximate surface area is 139 Å². The second kappa shape index (κ2) is 6.54. The fourth-order valence-electron chi connectivity index (χ4n) is 2.94. The third-order valence-corrected chi connectivity index (χ3v) is 5.75. The van der Waals surface area contributed by atoms with Crippen LogP contribution in [0.1, 0.15) is 25.7 Å². The Bertz CT molecular complexity index is 743. The van der Waals surface area contributed by atoms with E-state index in [1.807, 2.05) is 0 Å². The van der Waals surface area contributed by atoms with Gasteiger partial charge in [-0.15, -0.1) is 0 Å². The molecular formula is C14H19N3O6S. The first kappa shape index (κ1) is 16.9. The molecule has 0 aromatic heterocycles. The first-order valence-corrected chi connectivity index (χ1v) is 9.21. The third kappa shape index (κ3) is 3.45. The van der Waals surface area contributed by atoms with Gasteiger partial charge in [-0.3, -0.25) is 10.1 Å². The van der Waals surface area contributed by atoms with Crippen molar-refractivity contribution in [2.24, 2.45) is 5.73 Å². The van der Waals surface area contributed by atoms with E-state index in [1.165, 1.54) is 0 Å². The number of nitro benzene ring substituents is 1. The lowest BCUT2D eigenvalue weighted by molar-refractivity contribution is -0.388. The molecule has 0 atom stereocenters. The van der Waals surface area contributed by atoms with E-state index in [0.717, 1.165) is 25.0 Å². The van der Waals surface area contributed by atoms with Crippen LogP contribution in [-0.2, 0) is 10.0 Å². The van der Waals surface area contributed by atoms with Crippen molar-refractivity contribution in [1.29, 1.82) is 0 Å². The number of nitrogens with zero attached hydrogens (tertiary/aromatic N) is 1.